The molecule has 0 saturated carbocycles. The minimum atomic E-state index is -0.533. The Morgan fingerprint density at radius 2 is 1.79 bits per heavy atom. The van der Waals surface area contributed by atoms with E-state index in [1.54, 1.807) is 36.1 Å². The molecule has 0 aliphatic heterocycles. The number of pyridine rings is 1. The summed E-state index contributed by atoms with van der Waals surface area (Å²) in [5.41, 5.74) is 7.75. The van der Waals surface area contributed by atoms with Crippen LogP contribution in [-0.2, 0) is 7.05 Å². The van der Waals surface area contributed by atoms with Gasteiger partial charge in [-0.3, -0.25) is 19.3 Å². The van der Waals surface area contributed by atoms with Crippen LogP contribution < -0.4 is 11.1 Å². The number of nitrogens with one attached hydrogen (secondary N) is 1. The smallest absolute Gasteiger partial charge is 0.251 e. The van der Waals surface area contributed by atoms with Gasteiger partial charge in [0.1, 0.15) is 12.2 Å². The fourth-order valence-corrected chi connectivity index (χ4v) is 2.89. The highest BCUT2D eigenvalue weighted by Gasteiger charge is 2.23. The largest absolute Gasteiger partial charge is 0.366 e. The van der Waals surface area contributed by atoms with E-state index in [4.69, 9.17) is 5.73 Å². The molecule has 0 bridgehead atoms. The maximum absolute atomic E-state index is 12.7. The predicted molar refractivity (Wildman–Crippen MR) is 104 cm³/mol. The van der Waals surface area contributed by atoms with Crippen LogP contribution in [0.1, 0.15) is 46.4 Å². The molecule has 1 atom stereocenters. The van der Waals surface area contributed by atoms with E-state index in [-0.39, 0.29) is 17.9 Å². The lowest BCUT2D eigenvalue weighted by Crippen LogP contribution is -2.33. The Kier molecular flexibility index (Phi) is 5.49. The van der Waals surface area contributed by atoms with Gasteiger partial charge in [0.05, 0.1) is 11.6 Å². The van der Waals surface area contributed by atoms with Crippen LogP contribution >= 0.6 is 0 Å². The Morgan fingerprint density at radius 1 is 1.07 bits per heavy atom. The summed E-state index contributed by atoms with van der Waals surface area (Å²) in [6.07, 6.45) is 4.54. The second-order valence-electron chi connectivity index (χ2n) is 6.84. The van der Waals surface area contributed by atoms with Crippen LogP contribution in [0.2, 0.25) is 0 Å². The zero-order chi connectivity index (χ0) is 20.3. The number of rotatable bonds is 6. The van der Waals surface area contributed by atoms with Crippen LogP contribution in [-0.4, -0.2) is 31.6 Å². The lowest BCUT2D eigenvalue weighted by Gasteiger charge is -2.21. The van der Waals surface area contributed by atoms with E-state index in [1.807, 2.05) is 26.0 Å². The standard InChI is InChI=1S/C20H22N6O2/c1-12(2)17(19-23-11-24-26(19)3)25-20(28)14-6-4-13(5-7-14)15-8-16(18(21)27)10-22-9-15/h4-12,17H,1-3H3,(H2,21,27)(H,25,28). The number of aryl methyl sites for hydroxylation is 1. The van der Waals surface area contributed by atoms with Crippen molar-refractivity contribution >= 4 is 11.8 Å². The SMILES string of the molecule is CC(C)C(NC(=O)c1ccc(-c2cncc(C(N)=O)c2)cc1)c1ncnn1C. The normalized spacial score (nSPS) is 12.0. The molecule has 2 heterocycles. The third-order valence-electron chi connectivity index (χ3n) is 4.48. The summed E-state index contributed by atoms with van der Waals surface area (Å²) in [4.78, 5) is 32.3. The number of amides is 2. The summed E-state index contributed by atoms with van der Waals surface area (Å²) >= 11 is 0. The van der Waals surface area contributed by atoms with Gasteiger partial charge in [0, 0.05) is 30.6 Å². The predicted octanol–water partition coefficient (Wildman–Crippen LogP) is 2.10. The second kappa shape index (κ2) is 7.99. The second-order valence-corrected chi connectivity index (χ2v) is 6.84. The van der Waals surface area contributed by atoms with Gasteiger partial charge in [-0.15, -0.1) is 0 Å². The maximum atomic E-state index is 12.7. The number of aromatic nitrogens is 4. The molecule has 3 N–H and O–H groups in total. The maximum Gasteiger partial charge on any atom is 0.251 e. The molecule has 0 saturated heterocycles. The van der Waals surface area contributed by atoms with Gasteiger partial charge in [0.2, 0.25) is 5.91 Å². The third kappa shape index (κ3) is 4.06. The number of benzene rings is 1. The number of carbonyl (C=O) groups excluding carboxylic acids is 2. The molecule has 3 rings (SSSR count). The molecule has 1 unspecified atom stereocenters. The number of hydrogen-bond donors (Lipinski definition) is 2. The van der Waals surface area contributed by atoms with Gasteiger partial charge in [-0.1, -0.05) is 26.0 Å². The molecule has 28 heavy (non-hydrogen) atoms. The van der Waals surface area contributed by atoms with Crippen LogP contribution in [0.5, 0.6) is 0 Å². The van der Waals surface area contributed by atoms with Crippen LogP contribution in [0, 0.1) is 5.92 Å². The molecular formula is C20H22N6O2. The molecule has 2 amide bonds. The van der Waals surface area contributed by atoms with Crippen molar-refractivity contribution in [1.29, 1.82) is 0 Å². The van der Waals surface area contributed by atoms with Crippen molar-refractivity contribution in [1.82, 2.24) is 25.1 Å². The molecule has 3 aromatic rings. The van der Waals surface area contributed by atoms with Crippen molar-refractivity contribution in [3.05, 3.63) is 66.0 Å². The number of carbonyl (C=O) groups is 2. The van der Waals surface area contributed by atoms with Crippen molar-refractivity contribution in [2.24, 2.45) is 18.7 Å². The van der Waals surface area contributed by atoms with Crippen LogP contribution in [0.25, 0.3) is 11.1 Å². The van der Waals surface area contributed by atoms with Crippen LogP contribution in [0.3, 0.4) is 0 Å². The highest BCUT2D eigenvalue weighted by Crippen LogP contribution is 2.22. The number of nitrogens with zero attached hydrogens (tertiary/aromatic N) is 4. The third-order valence-corrected chi connectivity index (χ3v) is 4.48. The zero-order valence-corrected chi connectivity index (χ0v) is 16.0. The van der Waals surface area contributed by atoms with Crippen LogP contribution in [0.15, 0.2) is 49.1 Å². The lowest BCUT2D eigenvalue weighted by molar-refractivity contribution is 0.0921. The first kappa shape index (κ1) is 19.2. The highest BCUT2D eigenvalue weighted by molar-refractivity contribution is 5.95. The van der Waals surface area contributed by atoms with E-state index < -0.39 is 5.91 Å². The first-order valence-corrected chi connectivity index (χ1v) is 8.87. The van der Waals surface area contributed by atoms with Crippen molar-refractivity contribution in [2.45, 2.75) is 19.9 Å². The Morgan fingerprint density at radius 3 is 2.36 bits per heavy atom. The van der Waals surface area contributed by atoms with Gasteiger partial charge in [-0.2, -0.15) is 5.10 Å². The molecule has 0 spiro atoms. The summed E-state index contributed by atoms with van der Waals surface area (Å²) in [6.45, 7) is 4.03. The van der Waals surface area contributed by atoms with Crippen molar-refractivity contribution in [3.8, 4) is 11.1 Å². The molecule has 0 radical (unpaired) electrons. The van der Waals surface area contributed by atoms with E-state index in [1.165, 1.54) is 12.5 Å². The molecule has 2 aromatic heterocycles. The first-order valence-electron chi connectivity index (χ1n) is 8.87. The van der Waals surface area contributed by atoms with E-state index in [9.17, 15) is 9.59 Å². The number of nitrogens with two attached hydrogens (primary N) is 1. The van der Waals surface area contributed by atoms with Gasteiger partial charge < -0.3 is 11.1 Å². The average molecular weight is 378 g/mol. The van der Waals surface area contributed by atoms with Gasteiger partial charge in [0.15, 0.2) is 0 Å². The first-order chi connectivity index (χ1) is 13.4. The Hall–Kier alpha value is -3.55. The average Bonchev–Trinajstić information content (AvgIpc) is 3.11. The molecular weight excluding hydrogens is 356 g/mol. The molecule has 1 aromatic carbocycles. The van der Waals surface area contributed by atoms with E-state index in [0.717, 1.165) is 11.1 Å². The Balaban J connectivity index is 1.79. The summed E-state index contributed by atoms with van der Waals surface area (Å²) in [5.74, 6) is 0.120. The molecule has 8 heteroatoms. The molecule has 8 nitrogen and oxygen atoms in total. The number of hydrogen-bond acceptors (Lipinski definition) is 5. The van der Waals surface area contributed by atoms with Gasteiger partial charge in [0.25, 0.3) is 5.91 Å². The Bertz CT molecular complexity index is 994. The minimum absolute atomic E-state index is 0.147. The van der Waals surface area contributed by atoms with Crippen molar-refractivity contribution in [3.63, 3.8) is 0 Å². The van der Waals surface area contributed by atoms with E-state index in [2.05, 4.69) is 20.4 Å². The molecule has 0 aliphatic carbocycles. The van der Waals surface area contributed by atoms with Gasteiger partial charge in [-0.25, -0.2) is 4.98 Å². The van der Waals surface area contributed by atoms with Crippen molar-refractivity contribution < 1.29 is 9.59 Å². The fourth-order valence-electron chi connectivity index (χ4n) is 2.89. The quantitative estimate of drug-likeness (QED) is 0.681. The van der Waals surface area contributed by atoms with E-state index in [0.29, 0.717) is 17.0 Å². The topological polar surface area (TPSA) is 116 Å². The van der Waals surface area contributed by atoms with Crippen LogP contribution in [0.4, 0.5) is 0 Å². The minimum Gasteiger partial charge on any atom is -0.366 e. The Labute approximate surface area is 162 Å². The summed E-state index contributed by atoms with van der Waals surface area (Å²) < 4.78 is 1.66. The highest BCUT2D eigenvalue weighted by atomic mass is 16.2. The lowest BCUT2D eigenvalue weighted by atomic mass is 10.0. The molecule has 0 fully saturated rings. The molecule has 144 valence electrons. The number of primary amides is 1. The van der Waals surface area contributed by atoms with Gasteiger partial charge in [-0.05, 0) is 29.7 Å². The monoisotopic (exact) mass is 378 g/mol. The summed E-state index contributed by atoms with van der Waals surface area (Å²) in [5, 5.41) is 7.10. The summed E-state index contributed by atoms with van der Waals surface area (Å²) in [7, 11) is 1.80. The fraction of sp³-hybridized carbons (Fsp3) is 0.250. The van der Waals surface area contributed by atoms with Crippen molar-refractivity contribution in [2.75, 3.05) is 0 Å². The van der Waals surface area contributed by atoms with Gasteiger partial charge >= 0.3 is 0 Å². The van der Waals surface area contributed by atoms with E-state index >= 15 is 0 Å². The molecule has 0 aliphatic rings. The summed E-state index contributed by atoms with van der Waals surface area (Å²) in [6, 6.07) is 8.50. The zero-order valence-electron chi connectivity index (χ0n) is 16.0.